The van der Waals surface area contributed by atoms with Crippen molar-refractivity contribution in [3.05, 3.63) is 65.0 Å². The molecule has 2 aromatic rings. The van der Waals surface area contributed by atoms with Gasteiger partial charge in [-0.2, -0.15) is 0 Å². The molecule has 0 aliphatic rings. The maximum atomic E-state index is 13.6. The van der Waals surface area contributed by atoms with E-state index in [1.807, 2.05) is 6.92 Å². The third-order valence-corrected chi connectivity index (χ3v) is 3.81. The summed E-state index contributed by atoms with van der Waals surface area (Å²) < 4.78 is 13.6. The van der Waals surface area contributed by atoms with Crippen molar-refractivity contribution in [2.75, 3.05) is 18.4 Å². The number of aryl methyl sites for hydroxylation is 1. The fourth-order valence-electron chi connectivity index (χ4n) is 2.37. The molecule has 0 fully saturated rings. The van der Waals surface area contributed by atoms with Crippen molar-refractivity contribution >= 4 is 17.6 Å². The van der Waals surface area contributed by atoms with E-state index in [1.165, 1.54) is 18.2 Å². The molecule has 0 radical (unpaired) electrons. The first-order valence-corrected chi connectivity index (χ1v) is 8.28. The third kappa shape index (κ3) is 5.03. The second-order valence-electron chi connectivity index (χ2n) is 5.76. The van der Waals surface area contributed by atoms with E-state index in [0.29, 0.717) is 17.8 Å². The van der Waals surface area contributed by atoms with Crippen LogP contribution in [0.2, 0.25) is 0 Å². The number of hydrogen-bond donors (Lipinski definition) is 4. The molecule has 6 nitrogen and oxygen atoms in total. The minimum absolute atomic E-state index is 0.113. The summed E-state index contributed by atoms with van der Waals surface area (Å²) in [5.74, 6) is -0.765. The molecule has 7 heteroatoms. The third-order valence-electron chi connectivity index (χ3n) is 3.81. The van der Waals surface area contributed by atoms with E-state index in [1.54, 1.807) is 31.2 Å². The van der Waals surface area contributed by atoms with Gasteiger partial charge in [0.1, 0.15) is 5.82 Å². The van der Waals surface area contributed by atoms with Crippen LogP contribution in [0.3, 0.4) is 0 Å². The topological polar surface area (TPSA) is 90.5 Å². The van der Waals surface area contributed by atoms with Crippen LogP contribution in [0.4, 0.5) is 14.9 Å². The highest BCUT2D eigenvalue weighted by atomic mass is 19.1. The monoisotopic (exact) mass is 359 g/mol. The normalized spacial score (nSPS) is 11.5. The number of aliphatic hydroxyl groups excluding tert-OH is 1. The van der Waals surface area contributed by atoms with Gasteiger partial charge in [0.25, 0.3) is 5.91 Å². The molecule has 0 spiro atoms. The molecule has 1 atom stereocenters. The number of nitrogens with one attached hydrogen (secondary N) is 3. The Balaban J connectivity index is 1.98. The SMILES string of the molecule is CCNC(=O)c1ccc(C)c(NC(=O)NCC(O)c2ccccc2F)c1. The summed E-state index contributed by atoms with van der Waals surface area (Å²) >= 11 is 0. The number of rotatable bonds is 6. The number of aliphatic hydroxyl groups is 1. The molecular formula is C19H22FN3O3. The number of halogens is 1. The van der Waals surface area contributed by atoms with Gasteiger partial charge in [-0.05, 0) is 37.6 Å². The highest BCUT2D eigenvalue weighted by Gasteiger charge is 2.14. The fraction of sp³-hybridized carbons (Fsp3) is 0.263. The van der Waals surface area contributed by atoms with Crippen molar-refractivity contribution in [2.24, 2.45) is 0 Å². The summed E-state index contributed by atoms with van der Waals surface area (Å²) in [4.78, 5) is 24.0. The van der Waals surface area contributed by atoms with E-state index in [-0.39, 0.29) is 18.0 Å². The first kappa shape index (κ1) is 19.4. The highest BCUT2D eigenvalue weighted by Crippen LogP contribution is 2.18. The van der Waals surface area contributed by atoms with Gasteiger partial charge in [-0.25, -0.2) is 9.18 Å². The fourth-order valence-corrected chi connectivity index (χ4v) is 2.37. The summed E-state index contributed by atoms with van der Waals surface area (Å²) in [6.07, 6.45) is -1.16. The minimum atomic E-state index is -1.16. The van der Waals surface area contributed by atoms with E-state index in [0.717, 1.165) is 5.56 Å². The highest BCUT2D eigenvalue weighted by molar-refractivity contribution is 5.97. The van der Waals surface area contributed by atoms with E-state index in [4.69, 9.17) is 0 Å². The predicted octanol–water partition coefficient (Wildman–Crippen LogP) is 2.74. The standard InChI is InChI=1S/C19H22FN3O3/c1-3-21-18(25)13-9-8-12(2)16(10-13)23-19(26)22-11-17(24)14-6-4-5-7-15(14)20/h4-10,17,24H,3,11H2,1-2H3,(H,21,25)(H2,22,23,26). The zero-order valence-corrected chi connectivity index (χ0v) is 14.7. The number of anilines is 1. The van der Waals surface area contributed by atoms with Crippen LogP contribution in [0.25, 0.3) is 0 Å². The lowest BCUT2D eigenvalue weighted by Gasteiger charge is -2.15. The molecule has 0 bridgehead atoms. The molecule has 1 unspecified atom stereocenters. The predicted molar refractivity (Wildman–Crippen MR) is 97.6 cm³/mol. The number of carbonyl (C=O) groups excluding carboxylic acids is 2. The second kappa shape index (κ2) is 8.96. The number of amides is 3. The molecule has 2 aromatic carbocycles. The smallest absolute Gasteiger partial charge is 0.319 e. The number of carbonyl (C=O) groups is 2. The minimum Gasteiger partial charge on any atom is -0.386 e. The first-order valence-electron chi connectivity index (χ1n) is 8.28. The van der Waals surface area contributed by atoms with E-state index in [9.17, 15) is 19.1 Å². The average Bonchev–Trinajstić information content (AvgIpc) is 2.62. The Bertz CT molecular complexity index is 795. The van der Waals surface area contributed by atoms with Gasteiger partial charge in [-0.15, -0.1) is 0 Å². The molecule has 4 N–H and O–H groups in total. The molecule has 3 amide bonds. The van der Waals surface area contributed by atoms with Crippen molar-refractivity contribution in [3.63, 3.8) is 0 Å². The molecule has 138 valence electrons. The molecule has 26 heavy (non-hydrogen) atoms. The molecule has 0 aromatic heterocycles. The van der Waals surface area contributed by atoms with Crippen LogP contribution in [0, 0.1) is 12.7 Å². The molecule has 0 heterocycles. The lowest BCUT2D eigenvalue weighted by atomic mass is 10.1. The summed E-state index contributed by atoms with van der Waals surface area (Å²) in [5.41, 5.74) is 1.80. The van der Waals surface area contributed by atoms with Crippen molar-refractivity contribution < 1.29 is 19.1 Å². The largest absolute Gasteiger partial charge is 0.386 e. The maximum Gasteiger partial charge on any atom is 0.319 e. The van der Waals surface area contributed by atoms with Gasteiger partial charge in [0.05, 0.1) is 6.10 Å². The summed E-state index contributed by atoms with van der Waals surface area (Å²) in [6.45, 7) is 3.97. The van der Waals surface area contributed by atoms with Crippen molar-refractivity contribution in [1.82, 2.24) is 10.6 Å². The zero-order chi connectivity index (χ0) is 19.1. The molecular weight excluding hydrogens is 337 g/mol. The van der Waals surface area contributed by atoms with Crippen molar-refractivity contribution in [2.45, 2.75) is 20.0 Å². The van der Waals surface area contributed by atoms with Gasteiger partial charge in [0, 0.05) is 29.9 Å². The molecule has 2 rings (SSSR count). The number of benzene rings is 2. The Morgan fingerprint density at radius 1 is 1.15 bits per heavy atom. The van der Waals surface area contributed by atoms with Gasteiger partial charge < -0.3 is 21.1 Å². The van der Waals surface area contributed by atoms with Gasteiger partial charge in [-0.1, -0.05) is 24.3 Å². The Kier molecular flexibility index (Phi) is 6.68. The molecule has 0 aliphatic heterocycles. The lowest BCUT2D eigenvalue weighted by molar-refractivity contribution is 0.0956. The number of hydrogen-bond acceptors (Lipinski definition) is 3. The average molecular weight is 359 g/mol. The van der Waals surface area contributed by atoms with Crippen LogP contribution in [-0.2, 0) is 0 Å². The van der Waals surface area contributed by atoms with Crippen LogP contribution >= 0.6 is 0 Å². The van der Waals surface area contributed by atoms with Crippen molar-refractivity contribution in [1.29, 1.82) is 0 Å². The van der Waals surface area contributed by atoms with Gasteiger partial charge in [-0.3, -0.25) is 4.79 Å². The van der Waals surface area contributed by atoms with E-state index in [2.05, 4.69) is 16.0 Å². The van der Waals surface area contributed by atoms with Crippen LogP contribution < -0.4 is 16.0 Å². The molecule has 0 saturated carbocycles. The Morgan fingerprint density at radius 3 is 2.58 bits per heavy atom. The summed E-state index contributed by atoms with van der Waals surface area (Å²) in [7, 11) is 0. The van der Waals surface area contributed by atoms with Gasteiger partial charge in [0.15, 0.2) is 0 Å². The Labute approximate surface area is 151 Å². The van der Waals surface area contributed by atoms with Gasteiger partial charge >= 0.3 is 6.03 Å². The quantitative estimate of drug-likeness (QED) is 0.639. The van der Waals surface area contributed by atoms with Crippen LogP contribution in [0.5, 0.6) is 0 Å². The summed E-state index contributed by atoms with van der Waals surface area (Å²) in [5, 5.41) is 17.8. The maximum absolute atomic E-state index is 13.6. The van der Waals surface area contributed by atoms with E-state index >= 15 is 0 Å². The van der Waals surface area contributed by atoms with Gasteiger partial charge in [0.2, 0.25) is 0 Å². The first-order chi connectivity index (χ1) is 12.4. The zero-order valence-electron chi connectivity index (χ0n) is 14.7. The lowest BCUT2D eigenvalue weighted by Crippen LogP contribution is -2.33. The van der Waals surface area contributed by atoms with Crippen LogP contribution in [0.1, 0.15) is 34.5 Å². The van der Waals surface area contributed by atoms with Crippen LogP contribution in [-0.4, -0.2) is 30.1 Å². The Hall–Kier alpha value is -2.93. The van der Waals surface area contributed by atoms with Crippen LogP contribution in [0.15, 0.2) is 42.5 Å². The molecule has 0 aliphatic carbocycles. The van der Waals surface area contributed by atoms with E-state index < -0.39 is 18.0 Å². The number of urea groups is 1. The Morgan fingerprint density at radius 2 is 1.88 bits per heavy atom. The van der Waals surface area contributed by atoms with Crippen molar-refractivity contribution in [3.8, 4) is 0 Å². The summed E-state index contributed by atoms with van der Waals surface area (Å²) in [6, 6.07) is 10.3. The molecule has 0 saturated heterocycles. The second-order valence-corrected chi connectivity index (χ2v) is 5.76.